The molecule has 0 saturated carbocycles. The third-order valence-electron chi connectivity index (χ3n) is 3.94. The number of methoxy groups -OCH3 is 1. The van der Waals surface area contributed by atoms with Gasteiger partial charge in [0.1, 0.15) is 22.6 Å². The van der Waals surface area contributed by atoms with E-state index in [9.17, 15) is 18.0 Å². The Bertz CT molecular complexity index is 1190. The molecular weight excluding hydrogens is 400 g/mol. The second-order valence-corrected chi connectivity index (χ2v) is 7.74. The van der Waals surface area contributed by atoms with E-state index >= 15 is 0 Å². The number of ether oxygens (including phenoxy) is 2. The van der Waals surface area contributed by atoms with Crippen molar-refractivity contribution in [2.45, 2.75) is 6.42 Å². The topological polar surface area (TPSA) is 109 Å². The lowest BCUT2D eigenvalue weighted by Gasteiger charge is -2.08. The van der Waals surface area contributed by atoms with E-state index in [1.807, 2.05) is 0 Å². The van der Waals surface area contributed by atoms with Crippen LogP contribution in [0, 0.1) is 0 Å². The van der Waals surface area contributed by atoms with Crippen LogP contribution in [0.25, 0.3) is 11.0 Å². The summed E-state index contributed by atoms with van der Waals surface area (Å²) in [4.78, 5) is 23.5. The van der Waals surface area contributed by atoms with Gasteiger partial charge in [-0.3, -0.25) is 0 Å². The zero-order valence-electron chi connectivity index (χ0n) is 15.7. The summed E-state index contributed by atoms with van der Waals surface area (Å²) in [7, 11) is -2.37. The average molecular weight is 418 g/mol. The third-order valence-corrected chi connectivity index (χ3v) is 4.44. The zero-order valence-corrected chi connectivity index (χ0v) is 16.5. The Kier molecular flexibility index (Phi) is 5.88. The van der Waals surface area contributed by atoms with Crippen molar-refractivity contribution in [3.05, 3.63) is 70.1 Å². The minimum atomic E-state index is -3.55. The molecule has 0 spiro atoms. The van der Waals surface area contributed by atoms with Gasteiger partial charge < -0.3 is 18.1 Å². The SMILES string of the molecule is COC(=O)c1cc2ccc(OCCc3ccc(OS(C)(=O)=O)cc3)cc2oc1=O. The maximum atomic E-state index is 11.9. The summed E-state index contributed by atoms with van der Waals surface area (Å²) in [5.41, 5.74) is 0.276. The van der Waals surface area contributed by atoms with E-state index in [1.165, 1.54) is 13.2 Å². The van der Waals surface area contributed by atoms with Gasteiger partial charge in [-0.15, -0.1) is 0 Å². The molecule has 0 radical (unpaired) electrons. The minimum Gasteiger partial charge on any atom is -0.493 e. The zero-order chi connectivity index (χ0) is 21.0. The molecule has 2 aromatic carbocycles. The Balaban J connectivity index is 1.65. The largest absolute Gasteiger partial charge is 0.493 e. The van der Waals surface area contributed by atoms with E-state index in [1.54, 1.807) is 42.5 Å². The summed E-state index contributed by atoms with van der Waals surface area (Å²) in [5, 5.41) is 0.568. The highest BCUT2D eigenvalue weighted by Crippen LogP contribution is 2.21. The fraction of sp³-hybridized carbons (Fsp3) is 0.200. The average Bonchev–Trinajstić information content (AvgIpc) is 2.67. The summed E-state index contributed by atoms with van der Waals surface area (Å²) in [6, 6.07) is 13.0. The Labute approximate surface area is 166 Å². The summed E-state index contributed by atoms with van der Waals surface area (Å²) in [5.74, 6) is -0.00882. The van der Waals surface area contributed by atoms with Crippen LogP contribution in [0.4, 0.5) is 0 Å². The summed E-state index contributed by atoms with van der Waals surface area (Å²) < 4.78 is 42.4. The molecule has 1 aromatic heterocycles. The molecule has 0 aliphatic rings. The van der Waals surface area contributed by atoms with Crippen molar-refractivity contribution < 1.29 is 31.3 Å². The first-order valence-corrected chi connectivity index (χ1v) is 10.3. The lowest BCUT2D eigenvalue weighted by molar-refractivity contribution is 0.0596. The summed E-state index contributed by atoms with van der Waals surface area (Å²) >= 11 is 0. The highest BCUT2D eigenvalue weighted by molar-refractivity contribution is 7.86. The molecule has 152 valence electrons. The number of esters is 1. The molecule has 9 heteroatoms. The van der Waals surface area contributed by atoms with Crippen LogP contribution in [0.15, 0.2) is 57.7 Å². The smallest absolute Gasteiger partial charge is 0.351 e. The molecule has 0 unspecified atom stereocenters. The molecule has 0 saturated heterocycles. The van der Waals surface area contributed by atoms with Gasteiger partial charge in [0, 0.05) is 17.9 Å². The molecular formula is C20H18O8S. The van der Waals surface area contributed by atoms with Crippen molar-refractivity contribution in [3.63, 3.8) is 0 Å². The van der Waals surface area contributed by atoms with E-state index < -0.39 is 21.7 Å². The molecule has 0 bridgehead atoms. The molecule has 0 aliphatic carbocycles. The van der Waals surface area contributed by atoms with E-state index in [4.69, 9.17) is 13.3 Å². The van der Waals surface area contributed by atoms with E-state index in [2.05, 4.69) is 4.74 Å². The van der Waals surface area contributed by atoms with Crippen LogP contribution in [0.1, 0.15) is 15.9 Å². The van der Waals surface area contributed by atoms with Gasteiger partial charge in [0.15, 0.2) is 0 Å². The summed E-state index contributed by atoms with van der Waals surface area (Å²) in [6.07, 6.45) is 1.55. The van der Waals surface area contributed by atoms with Crippen molar-refractivity contribution in [1.82, 2.24) is 0 Å². The molecule has 3 aromatic rings. The second-order valence-electron chi connectivity index (χ2n) is 6.17. The van der Waals surface area contributed by atoms with Crippen molar-refractivity contribution in [1.29, 1.82) is 0 Å². The Morgan fingerprint density at radius 1 is 1.03 bits per heavy atom. The molecule has 1 heterocycles. The van der Waals surface area contributed by atoms with Gasteiger partial charge in [-0.05, 0) is 35.9 Å². The molecule has 29 heavy (non-hydrogen) atoms. The molecule has 0 aliphatic heterocycles. The van der Waals surface area contributed by atoms with Crippen molar-refractivity contribution in [3.8, 4) is 11.5 Å². The van der Waals surface area contributed by atoms with Crippen LogP contribution in [0.2, 0.25) is 0 Å². The number of fused-ring (bicyclic) bond motifs is 1. The normalized spacial score (nSPS) is 11.2. The number of hydrogen-bond acceptors (Lipinski definition) is 8. The van der Waals surface area contributed by atoms with Crippen molar-refractivity contribution >= 4 is 27.1 Å². The van der Waals surface area contributed by atoms with Gasteiger partial charge in [0.2, 0.25) is 0 Å². The quantitative estimate of drug-likeness (QED) is 0.327. The first kappa shape index (κ1) is 20.4. The van der Waals surface area contributed by atoms with Crippen LogP contribution in [0.5, 0.6) is 11.5 Å². The monoisotopic (exact) mass is 418 g/mol. The molecule has 3 rings (SSSR count). The maximum absolute atomic E-state index is 11.9. The Hall–Kier alpha value is -3.33. The first-order valence-electron chi connectivity index (χ1n) is 8.52. The van der Waals surface area contributed by atoms with E-state index in [0.717, 1.165) is 11.8 Å². The van der Waals surface area contributed by atoms with Gasteiger partial charge in [-0.25, -0.2) is 9.59 Å². The number of hydrogen-bond donors (Lipinski definition) is 0. The third kappa shape index (κ3) is 5.35. The maximum Gasteiger partial charge on any atom is 0.351 e. The fourth-order valence-corrected chi connectivity index (χ4v) is 3.07. The number of carbonyl (C=O) groups excluding carboxylic acids is 1. The number of benzene rings is 2. The van der Waals surface area contributed by atoms with Crippen LogP contribution in [0.3, 0.4) is 0 Å². The van der Waals surface area contributed by atoms with Crippen LogP contribution >= 0.6 is 0 Å². The van der Waals surface area contributed by atoms with Gasteiger partial charge in [0.05, 0.1) is 20.0 Å². The van der Waals surface area contributed by atoms with Crippen molar-refractivity contribution in [2.75, 3.05) is 20.0 Å². The number of carbonyl (C=O) groups is 1. The molecule has 0 atom stereocenters. The Morgan fingerprint density at radius 3 is 2.38 bits per heavy atom. The van der Waals surface area contributed by atoms with Crippen LogP contribution in [-0.4, -0.2) is 34.4 Å². The lowest BCUT2D eigenvalue weighted by Crippen LogP contribution is -2.14. The molecule has 8 nitrogen and oxygen atoms in total. The van der Waals surface area contributed by atoms with E-state index in [-0.39, 0.29) is 11.3 Å². The van der Waals surface area contributed by atoms with Gasteiger partial charge >= 0.3 is 21.7 Å². The molecule has 0 N–H and O–H groups in total. The standard InChI is InChI=1S/C20H18O8S/c1-25-19(21)17-11-14-5-8-16(12-18(14)27-20(17)22)26-10-9-13-3-6-15(7-4-13)28-29(2,23)24/h3-8,11-12H,9-10H2,1-2H3. The minimum absolute atomic E-state index is 0.169. The highest BCUT2D eigenvalue weighted by Gasteiger charge is 2.14. The Morgan fingerprint density at radius 2 is 1.72 bits per heavy atom. The highest BCUT2D eigenvalue weighted by atomic mass is 32.2. The second kappa shape index (κ2) is 8.36. The first-order chi connectivity index (χ1) is 13.7. The van der Waals surface area contributed by atoms with Gasteiger partial charge in [0.25, 0.3) is 0 Å². The predicted octanol–water partition coefficient (Wildman–Crippen LogP) is 2.54. The van der Waals surface area contributed by atoms with Gasteiger partial charge in [-0.2, -0.15) is 8.42 Å². The fourth-order valence-electron chi connectivity index (χ4n) is 2.61. The predicted molar refractivity (Wildman–Crippen MR) is 105 cm³/mol. The van der Waals surface area contributed by atoms with Gasteiger partial charge in [-0.1, -0.05) is 12.1 Å². The van der Waals surface area contributed by atoms with Crippen LogP contribution in [-0.2, 0) is 21.3 Å². The van der Waals surface area contributed by atoms with Crippen LogP contribution < -0.4 is 14.5 Å². The summed E-state index contributed by atoms with van der Waals surface area (Å²) in [6.45, 7) is 0.349. The van der Waals surface area contributed by atoms with E-state index in [0.29, 0.717) is 29.7 Å². The van der Waals surface area contributed by atoms with Crippen molar-refractivity contribution in [2.24, 2.45) is 0 Å². The lowest BCUT2D eigenvalue weighted by atomic mass is 10.1. The molecule has 0 fully saturated rings. The molecule has 0 amide bonds. The number of rotatable bonds is 7.